The predicted octanol–water partition coefficient (Wildman–Crippen LogP) is 1.15. The van der Waals surface area contributed by atoms with Crippen LogP contribution >= 0.6 is 0 Å². The Hall–Kier alpha value is -2.90. The van der Waals surface area contributed by atoms with Gasteiger partial charge in [-0.3, -0.25) is 19.2 Å². The van der Waals surface area contributed by atoms with Crippen molar-refractivity contribution in [3.63, 3.8) is 0 Å². The fourth-order valence-electron chi connectivity index (χ4n) is 5.28. The highest BCUT2D eigenvalue weighted by Gasteiger charge is 2.70. The average molecular weight is 362 g/mol. The summed E-state index contributed by atoms with van der Waals surface area (Å²) in [5.74, 6) is -12.6. The summed E-state index contributed by atoms with van der Waals surface area (Å²) < 4.78 is 0. The van der Waals surface area contributed by atoms with Gasteiger partial charge in [0.1, 0.15) is 0 Å². The molecule has 3 aliphatic rings. The van der Waals surface area contributed by atoms with Crippen molar-refractivity contribution in [2.75, 3.05) is 0 Å². The molecule has 26 heavy (non-hydrogen) atoms. The lowest BCUT2D eigenvalue weighted by atomic mass is 9.41. The number of rotatable bonds is 5. The van der Waals surface area contributed by atoms with E-state index in [9.17, 15) is 39.6 Å². The van der Waals surface area contributed by atoms with Crippen LogP contribution in [0, 0.1) is 29.6 Å². The standard InChI is InChI=1S/C18H18O8/c19-14(20)10-9-6-7-18(12(10)16(23)24,8-4-2-1-3-5-8)13(17(25)26)11(9)15(21)22/h1-5,9-13H,6-7H2,(H,19,20)(H,21,22)(H,23,24)(H,25,26)/t9?,10-,11-,12+,13+,18?/m0/s1. The number of carbonyl (C=O) groups is 4. The number of benzene rings is 1. The van der Waals surface area contributed by atoms with Crippen LogP contribution in [0.15, 0.2) is 30.3 Å². The monoisotopic (exact) mass is 362 g/mol. The van der Waals surface area contributed by atoms with Crippen LogP contribution in [0.5, 0.6) is 0 Å². The normalized spacial score (nSPS) is 35.6. The highest BCUT2D eigenvalue weighted by Crippen LogP contribution is 2.63. The molecule has 8 heteroatoms. The summed E-state index contributed by atoms with van der Waals surface area (Å²) in [5.41, 5.74) is -1.24. The van der Waals surface area contributed by atoms with E-state index in [4.69, 9.17) is 0 Å². The zero-order chi connectivity index (χ0) is 19.2. The second-order valence-corrected chi connectivity index (χ2v) is 6.97. The highest BCUT2D eigenvalue weighted by molar-refractivity contribution is 5.89. The molecule has 0 radical (unpaired) electrons. The molecule has 4 atom stereocenters. The van der Waals surface area contributed by atoms with E-state index in [1.54, 1.807) is 30.3 Å². The van der Waals surface area contributed by atoms with Crippen LogP contribution in [0.4, 0.5) is 0 Å². The Morgan fingerprint density at radius 1 is 0.769 bits per heavy atom. The molecule has 3 fully saturated rings. The highest BCUT2D eigenvalue weighted by atomic mass is 16.4. The van der Waals surface area contributed by atoms with E-state index >= 15 is 0 Å². The van der Waals surface area contributed by atoms with Gasteiger partial charge in [-0.25, -0.2) is 0 Å². The summed E-state index contributed by atoms with van der Waals surface area (Å²) in [4.78, 5) is 47.9. The van der Waals surface area contributed by atoms with Crippen LogP contribution < -0.4 is 0 Å². The van der Waals surface area contributed by atoms with Gasteiger partial charge in [0.25, 0.3) is 0 Å². The van der Waals surface area contributed by atoms with Gasteiger partial charge in [-0.15, -0.1) is 0 Å². The lowest BCUT2D eigenvalue weighted by Gasteiger charge is -2.59. The summed E-state index contributed by atoms with van der Waals surface area (Å²) in [6.45, 7) is 0. The fourth-order valence-corrected chi connectivity index (χ4v) is 5.28. The third kappa shape index (κ3) is 2.28. The number of carboxylic acid groups (broad SMARTS) is 4. The smallest absolute Gasteiger partial charge is 0.308 e. The molecule has 4 rings (SSSR count). The van der Waals surface area contributed by atoms with E-state index in [1.165, 1.54) is 0 Å². The Morgan fingerprint density at radius 2 is 1.23 bits per heavy atom. The van der Waals surface area contributed by atoms with Crippen LogP contribution in [0.2, 0.25) is 0 Å². The molecule has 0 spiro atoms. The molecule has 4 N–H and O–H groups in total. The molecule has 8 nitrogen and oxygen atoms in total. The Bertz CT molecular complexity index is 731. The van der Waals surface area contributed by atoms with Gasteiger partial charge in [0, 0.05) is 5.41 Å². The largest absolute Gasteiger partial charge is 0.481 e. The van der Waals surface area contributed by atoms with Crippen LogP contribution in [-0.4, -0.2) is 44.3 Å². The van der Waals surface area contributed by atoms with Crippen molar-refractivity contribution < 1.29 is 39.6 Å². The van der Waals surface area contributed by atoms with Crippen LogP contribution in [-0.2, 0) is 24.6 Å². The van der Waals surface area contributed by atoms with E-state index < -0.39 is 58.9 Å². The molecule has 0 unspecified atom stereocenters. The first-order valence-electron chi connectivity index (χ1n) is 8.20. The van der Waals surface area contributed by atoms with Crippen molar-refractivity contribution in [2.45, 2.75) is 18.3 Å². The maximum Gasteiger partial charge on any atom is 0.308 e. The maximum atomic E-state index is 12.1. The van der Waals surface area contributed by atoms with E-state index in [1.807, 2.05) is 0 Å². The lowest BCUT2D eigenvalue weighted by molar-refractivity contribution is -0.195. The molecule has 3 aliphatic carbocycles. The van der Waals surface area contributed by atoms with Crippen LogP contribution in [0.3, 0.4) is 0 Å². The minimum Gasteiger partial charge on any atom is -0.481 e. The summed E-state index contributed by atoms with van der Waals surface area (Å²) in [7, 11) is 0. The molecule has 0 aromatic heterocycles. The first-order chi connectivity index (χ1) is 12.2. The zero-order valence-corrected chi connectivity index (χ0v) is 13.6. The lowest BCUT2D eigenvalue weighted by Crippen LogP contribution is -2.67. The molecule has 1 aromatic rings. The molecule has 0 saturated heterocycles. The molecule has 0 aliphatic heterocycles. The minimum absolute atomic E-state index is 0.114. The third-order valence-electron chi connectivity index (χ3n) is 6.06. The fraction of sp³-hybridized carbons (Fsp3) is 0.444. The Balaban J connectivity index is 2.34. The van der Waals surface area contributed by atoms with Crippen molar-refractivity contribution in [2.24, 2.45) is 29.6 Å². The SMILES string of the molecule is O=C(O)[C@H]1C2CCC(c3ccccc3)([C@H]1C(=O)O)[C@@H](C(=O)O)[C@H]2C(=O)O. The topological polar surface area (TPSA) is 149 Å². The molecular weight excluding hydrogens is 344 g/mol. The predicted molar refractivity (Wildman–Crippen MR) is 85.3 cm³/mol. The molecule has 3 saturated carbocycles. The molecular formula is C18H18O8. The molecule has 138 valence electrons. The first kappa shape index (κ1) is 17.9. The molecule has 1 aromatic carbocycles. The number of hydrogen-bond donors (Lipinski definition) is 4. The van der Waals surface area contributed by atoms with Gasteiger partial charge in [-0.1, -0.05) is 30.3 Å². The Morgan fingerprint density at radius 3 is 1.62 bits per heavy atom. The van der Waals surface area contributed by atoms with Gasteiger partial charge in [-0.05, 0) is 24.3 Å². The van der Waals surface area contributed by atoms with Crippen molar-refractivity contribution in [1.82, 2.24) is 0 Å². The summed E-state index contributed by atoms with van der Waals surface area (Å²) in [6, 6.07) is 7.98. The van der Waals surface area contributed by atoms with Gasteiger partial charge in [-0.2, -0.15) is 0 Å². The van der Waals surface area contributed by atoms with Crippen molar-refractivity contribution >= 4 is 23.9 Å². The number of fused-ring (bicyclic) bond motifs is 3. The maximum absolute atomic E-state index is 12.1. The number of hydrogen-bond acceptors (Lipinski definition) is 4. The van der Waals surface area contributed by atoms with E-state index in [0.29, 0.717) is 5.56 Å². The van der Waals surface area contributed by atoms with Gasteiger partial charge < -0.3 is 20.4 Å². The summed E-state index contributed by atoms with van der Waals surface area (Å²) in [6.07, 6.45) is 0.263. The second kappa shape index (κ2) is 6.12. The molecule has 0 amide bonds. The molecule has 0 heterocycles. The van der Waals surface area contributed by atoms with Gasteiger partial charge >= 0.3 is 23.9 Å². The zero-order valence-electron chi connectivity index (χ0n) is 13.6. The molecule has 2 bridgehead atoms. The van der Waals surface area contributed by atoms with Crippen molar-refractivity contribution in [1.29, 1.82) is 0 Å². The van der Waals surface area contributed by atoms with Crippen LogP contribution in [0.25, 0.3) is 0 Å². The quantitative estimate of drug-likeness (QED) is 0.609. The Labute approximate surface area is 148 Å². The minimum atomic E-state index is -1.60. The van der Waals surface area contributed by atoms with Gasteiger partial charge in [0.15, 0.2) is 0 Å². The van der Waals surface area contributed by atoms with E-state index in [0.717, 1.165) is 0 Å². The van der Waals surface area contributed by atoms with E-state index in [-0.39, 0.29) is 12.8 Å². The first-order valence-corrected chi connectivity index (χ1v) is 8.20. The third-order valence-corrected chi connectivity index (χ3v) is 6.06. The van der Waals surface area contributed by atoms with Gasteiger partial charge in [0.2, 0.25) is 0 Å². The van der Waals surface area contributed by atoms with Crippen molar-refractivity contribution in [3.05, 3.63) is 35.9 Å². The average Bonchev–Trinajstić information content (AvgIpc) is 2.60. The second-order valence-electron chi connectivity index (χ2n) is 6.97. The summed E-state index contributed by atoms with van der Waals surface area (Å²) in [5, 5.41) is 39.0. The summed E-state index contributed by atoms with van der Waals surface area (Å²) >= 11 is 0. The van der Waals surface area contributed by atoms with Crippen LogP contribution in [0.1, 0.15) is 18.4 Å². The van der Waals surface area contributed by atoms with Gasteiger partial charge in [0.05, 0.1) is 23.7 Å². The van der Waals surface area contributed by atoms with Crippen molar-refractivity contribution in [3.8, 4) is 0 Å². The van der Waals surface area contributed by atoms with E-state index in [2.05, 4.69) is 0 Å². The number of carboxylic acids is 4. The Kier molecular flexibility index (Phi) is 4.21. The number of aliphatic carboxylic acids is 4.